The van der Waals surface area contributed by atoms with Crippen molar-refractivity contribution < 1.29 is 9.21 Å². The number of hydrogen-bond donors (Lipinski definition) is 0. The number of hydrogen-bond acceptors (Lipinski definition) is 5. The second kappa shape index (κ2) is 12.2. The lowest BCUT2D eigenvalue weighted by Crippen LogP contribution is -2.09. The van der Waals surface area contributed by atoms with Crippen molar-refractivity contribution in [1.82, 2.24) is 0 Å². The topological polar surface area (TPSA) is 47.3 Å². The molecule has 2 aromatic rings. The number of unbranched alkanes of at least 4 members (excludes halogenated alkanes) is 2. The van der Waals surface area contributed by atoms with Gasteiger partial charge in [-0.15, -0.1) is 11.8 Å². The summed E-state index contributed by atoms with van der Waals surface area (Å²) < 4.78 is 5.51. The Labute approximate surface area is 183 Å². The first-order valence-electron chi connectivity index (χ1n) is 9.55. The SMILES string of the molecule is CCCC(I)C(=O)SCCCCCSc1cc(=O)oc2cc(CC)ccc12. The number of benzene rings is 1. The molecule has 0 aliphatic rings. The van der Waals surface area contributed by atoms with E-state index in [-0.39, 0.29) is 9.55 Å². The Morgan fingerprint density at radius 1 is 1.15 bits per heavy atom. The van der Waals surface area contributed by atoms with Crippen molar-refractivity contribution in [2.45, 2.75) is 61.2 Å². The maximum absolute atomic E-state index is 11.9. The second-order valence-electron chi connectivity index (χ2n) is 6.45. The fraction of sp³-hybridized carbons (Fsp3) is 0.524. The molecule has 6 heteroatoms. The Balaban J connectivity index is 1.76. The van der Waals surface area contributed by atoms with Crippen LogP contribution in [0.3, 0.4) is 0 Å². The van der Waals surface area contributed by atoms with Crippen molar-refractivity contribution >= 4 is 62.2 Å². The van der Waals surface area contributed by atoms with Gasteiger partial charge in [0, 0.05) is 22.1 Å². The zero-order valence-electron chi connectivity index (χ0n) is 16.0. The molecule has 0 bridgehead atoms. The quantitative estimate of drug-likeness (QED) is 0.112. The third-order valence-corrected chi connectivity index (χ3v) is 8.08. The van der Waals surface area contributed by atoms with Gasteiger partial charge < -0.3 is 4.42 Å². The van der Waals surface area contributed by atoms with Crippen molar-refractivity contribution in [2.24, 2.45) is 0 Å². The molecule has 0 spiro atoms. The van der Waals surface area contributed by atoms with Crippen molar-refractivity contribution in [3.05, 3.63) is 40.2 Å². The van der Waals surface area contributed by atoms with E-state index in [1.807, 2.05) is 6.07 Å². The minimum Gasteiger partial charge on any atom is -0.423 e. The lowest BCUT2D eigenvalue weighted by Gasteiger charge is -2.07. The minimum absolute atomic E-state index is 0.152. The number of halogens is 1. The molecule has 0 N–H and O–H groups in total. The molecule has 27 heavy (non-hydrogen) atoms. The van der Waals surface area contributed by atoms with Gasteiger partial charge >= 0.3 is 5.63 Å². The van der Waals surface area contributed by atoms with Crippen molar-refractivity contribution in [3.63, 3.8) is 0 Å². The van der Waals surface area contributed by atoms with Crippen LogP contribution in [0.2, 0.25) is 0 Å². The van der Waals surface area contributed by atoms with Gasteiger partial charge in [0.15, 0.2) is 0 Å². The number of carbonyl (C=O) groups is 1. The van der Waals surface area contributed by atoms with Gasteiger partial charge in [0.2, 0.25) is 5.12 Å². The van der Waals surface area contributed by atoms with E-state index in [0.29, 0.717) is 10.7 Å². The summed E-state index contributed by atoms with van der Waals surface area (Å²) >= 11 is 5.45. The van der Waals surface area contributed by atoms with E-state index in [2.05, 4.69) is 48.6 Å². The van der Waals surface area contributed by atoms with Gasteiger partial charge in [-0.25, -0.2) is 4.79 Å². The molecule has 0 fully saturated rings. The molecule has 0 radical (unpaired) electrons. The predicted octanol–water partition coefficient (Wildman–Crippen LogP) is 6.48. The summed E-state index contributed by atoms with van der Waals surface area (Å²) in [7, 11) is 0. The first-order valence-corrected chi connectivity index (χ1v) is 12.8. The molecular weight excluding hydrogens is 491 g/mol. The molecule has 0 aliphatic carbocycles. The second-order valence-corrected chi connectivity index (χ2v) is 10.2. The van der Waals surface area contributed by atoms with Crippen LogP contribution >= 0.6 is 46.1 Å². The lowest BCUT2D eigenvalue weighted by molar-refractivity contribution is -0.110. The van der Waals surface area contributed by atoms with Crippen LogP contribution in [-0.2, 0) is 11.2 Å². The van der Waals surface area contributed by atoms with Gasteiger partial charge in [-0.05, 0) is 49.1 Å². The summed E-state index contributed by atoms with van der Waals surface area (Å²) in [5, 5.41) is 1.34. The average Bonchev–Trinajstić information content (AvgIpc) is 2.66. The highest BCUT2D eigenvalue weighted by Crippen LogP contribution is 2.28. The standard InChI is InChI=1S/C21H27IO3S2/c1-3-8-17(22)21(24)27-12-7-5-6-11-26-19-14-20(23)25-18-13-15(4-2)9-10-16(18)19/h9-10,13-14,17H,3-8,11-12H2,1-2H3. The summed E-state index contributed by atoms with van der Waals surface area (Å²) in [5.74, 6) is 1.88. The Kier molecular flexibility index (Phi) is 10.3. The Morgan fingerprint density at radius 3 is 2.67 bits per heavy atom. The highest BCUT2D eigenvalue weighted by atomic mass is 127. The van der Waals surface area contributed by atoms with Gasteiger partial charge in [0.05, 0.1) is 3.92 Å². The third kappa shape index (κ3) is 7.46. The minimum atomic E-state index is -0.284. The van der Waals surface area contributed by atoms with Crippen LogP contribution in [0.4, 0.5) is 0 Å². The molecule has 1 heterocycles. The first-order chi connectivity index (χ1) is 13.0. The van der Waals surface area contributed by atoms with Crippen LogP contribution in [0.5, 0.6) is 0 Å². The molecule has 1 aromatic heterocycles. The zero-order valence-corrected chi connectivity index (χ0v) is 19.8. The molecule has 0 saturated carbocycles. The summed E-state index contributed by atoms with van der Waals surface area (Å²) in [6.45, 7) is 4.21. The fourth-order valence-electron chi connectivity index (χ4n) is 2.71. The van der Waals surface area contributed by atoms with E-state index < -0.39 is 0 Å². The molecular formula is C21H27IO3S2. The van der Waals surface area contributed by atoms with E-state index in [4.69, 9.17) is 4.42 Å². The van der Waals surface area contributed by atoms with E-state index in [9.17, 15) is 9.59 Å². The molecule has 0 aliphatic heterocycles. The predicted molar refractivity (Wildman–Crippen MR) is 127 cm³/mol. The summed E-state index contributed by atoms with van der Waals surface area (Å²) in [6, 6.07) is 7.72. The maximum atomic E-state index is 11.9. The number of fused-ring (bicyclic) bond motifs is 1. The smallest absolute Gasteiger partial charge is 0.337 e. The van der Waals surface area contributed by atoms with Gasteiger partial charge in [0.1, 0.15) is 5.58 Å². The van der Waals surface area contributed by atoms with Crippen LogP contribution in [0.1, 0.15) is 51.5 Å². The Bertz CT molecular complexity index is 804. The van der Waals surface area contributed by atoms with E-state index in [1.54, 1.807) is 17.8 Å². The Hall–Kier alpha value is -0.470. The van der Waals surface area contributed by atoms with Gasteiger partial charge in [-0.1, -0.05) is 67.1 Å². The number of aryl methyl sites for hydroxylation is 1. The van der Waals surface area contributed by atoms with Crippen molar-refractivity contribution in [2.75, 3.05) is 11.5 Å². The molecule has 0 amide bonds. The third-order valence-electron chi connectivity index (χ3n) is 4.27. The number of alkyl halides is 1. The number of rotatable bonds is 11. The summed E-state index contributed by atoms with van der Waals surface area (Å²) in [4.78, 5) is 24.8. The monoisotopic (exact) mass is 518 g/mol. The van der Waals surface area contributed by atoms with Crippen LogP contribution in [0.25, 0.3) is 11.0 Å². The van der Waals surface area contributed by atoms with Gasteiger partial charge in [-0.2, -0.15) is 0 Å². The average molecular weight is 518 g/mol. The molecule has 2 rings (SSSR count). The normalized spacial score (nSPS) is 12.4. The van der Waals surface area contributed by atoms with Crippen molar-refractivity contribution in [3.8, 4) is 0 Å². The van der Waals surface area contributed by atoms with E-state index >= 15 is 0 Å². The molecule has 3 nitrogen and oxygen atoms in total. The zero-order chi connectivity index (χ0) is 19.6. The Morgan fingerprint density at radius 2 is 1.93 bits per heavy atom. The number of carbonyl (C=O) groups excluding carboxylic acids is 1. The van der Waals surface area contributed by atoms with Crippen LogP contribution in [0.15, 0.2) is 38.4 Å². The van der Waals surface area contributed by atoms with Gasteiger partial charge in [-0.3, -0.25) is 4.79 Å². The van der Waals surface area contributed by atoms with Crippen LogP contribution < -0.4 is 5.63 Å². The number of thioether (sulfide) groups is 2. The first kappa shape index (κ1) is 22.8. The highest BCUT2D eigenvalue weighted by molar-refractivity contribution is 14.1. The molecule has 1 atom stereocenters. The van der Waals surface area contributed by atoms with E-state index in [0.717, 1.165) is 60.3 Å². The summed E-state index contributed by atoms with van der Waals surface area (Å²) in [5.41, 5.74) is 1.57. The van der Waals surface area contributed by atoms with Crippen LogP contribution in [-0.4, -0.2) is 20.5 Å². The maximum Gasteiger partial charge on any atom is 0.337 e. The molecule has 1 aromatic carbocycles. The van der Waals surface area contributed by atoms with Crippen molar-refractivity contribution in [1.29, 1.82) is 0 Å². The molecule has 1 unspecified atom stereocenters. The molecule has 0 saturated heterocycles. The van der Waals surface area contributed by atoms with Gasteiger partial charge in [0.25, 0.3) is 0 Å². The highest BCUT2D eigenvalue weighted by Gasteiger charge is 2.13. The van der Waals surface area contributed by atoms with E-state index in [1.165, 1.54) is 17.3 Å². The largest absolute Gasteiger partial charge is 0.423 e. The molecule has 148 valence electrons. The lowest BCUT2D eigenvalue weighted by atomic mass is 10.1. The van der Waals surface area contributed by atoms with Crippen LogP contribution in [0, 0.1) is 0 Å². The fourth-order valence-corrected chi connectivity index (χ4v) is 5.80. The summed E-state index contributed by atoms with van der Waals surface area (Å²) in [6.07, 6.45) is 6.20.